The quantitative estimate of drug-likeness (QED) is 0.857. The van der Waals surface area contributed by atoms with Gasteiger partial charge in [0.15, 0.2) is 0 Å². The number of aliphatic hydroxyl groups is 1. The number of benzene rings is 1. The maximum atomic E-state index is 12.5. The number of fused-ring (bicyclic) bond motifs is 1. The van der Waals surface area contributed by atoms with Gasteiger partial charge in [0.1, 0.15) is 0 Å². The Morgan fingerprint density at radius 3 is 2.76 bits per heavy atom. The lowest BCUT2D eigenvalue weighted by Gasteiger charge is -2.25. The van der Waals surface area contributed by atoms with Crippen molar-refractivity contribution in [2.45, 2.75) is 12.8 Å². The molecule has 1 aromatic rings. The minimum absolute atomic E-state index is 0.0484. The number of anilines is 1. The van der Waals surface area contributed by atoms with Gasteiger partial charge in [-0.15, -0.1) is 0 Å². The number of hydrogen-bond donors (Lipinski definition) is 2. The maximum Gasteiger partial charge on any atom is 0.335 e. The molecule has 2 aliphatic heterocycles. The molecule has 112 valence electrons. The highest BCUT2D eigenvalue weighted by Crippen LogP contribution is 2.31. The Bertz CT molecular complexity index is 587. The van der Waals surface area contributed by atoms with Crippen LogP contribution >= 0.6 is 0 Å². The number of hydrogen-bond acceptors (Lipinski definition) is 3. The van der Waals surface area contributed by atoms with E-state index in [0.717, 1.165) is 17.7 Å². The number of rotatable bonds is 2. The summed E-state index contributed by atoms with van der Waals surface area (Å²) in [6.45, 7) is 1.96. The highest BCUT2D eigenvalue weighted by molar-refractivity contribution is 5.96. The van der Waals surface area contributed by atoms with Crippen molar-refractivity contribution in [3.63, 3.8) is 0 Å². The summed E-state index contributed by atoms with van der Waals surface area (Å²) in [5.41, 5.74) is 1.96. The molecule has 1 unspecified atom stereocenters. The van der Waals surface area contributed by atoms with Crippen LogP contribution < -0.4 is 4.90 Å². The molecule has 0 radical (unpaired) electrons. The molecule has 3 rings (SSSR count). The summed E-state index contributed by atoms with van der Waals surface area (Å²) >= 11 is 0. The number of nitrogens with zero attached hydrogens (tertiary/aromatic N) is 2. The SMILES string of the molecule is O=C(O)c1ccc2c(c1)CCN2C(=O)N1CCC(CO)C1. The average Bonchev–Trinajstić information content (AvgIpc) is 3.12. The van der Waals surface area contributed by atoms with Crippen molar-refractivity contribution < 1.29 is 19.8 Å². The fourth-order valence-corrected chi connectivity index (χ4v) is 3.06. The number of urea groups is 1. The van der Waals surface area contributed by atoms with Crippen molar-refractivity contribution in [2.75, 3.05) is 31.1 Å². The molecule has 1 atom stereocenters. The maximum absolute atomic E-state index is 12.5. The van der Waals surface area contributed by atoms with Gasteiger partial charge in [0.05, 0.1) is 5.56 Å². The molecule has 21 heavy (non-hydrogen) atoms. The highest BCUT2D eigenvalue weighted by Gasteiger charge is 2.32. The molecule has 2 amide bonds. The Hall–Kier alpha value is -2.08. The predicted octanol–water partition coefficient (Wildman–Crippen LogP) is 1.18. The second-order valence-electron chi connectivity index (χ2n) is 5.62. The van der Waals surface area contributed by atoms with E-state index in [1.807, 2.05) is 0 Å². The topological polar surface area (TPSA) is 81.1 Å². The van der Waals surface area contributed by atoms with Gasteiger partial charge in [0.2, 0.25) is 0 Å². The molecule has 0 aliphatic carbocycles. The lowest BCUT2D eigenvalue weighted by Crippen LogP contribution is -2.41. The van der Waals surface area contributed by atoms with Crippen LogP contribution in [0.15, 0.2) is 18.2 Å². The van der Waals surface area contributed by atoms with Crippen molar-refractivity contribution in [3.8, 4) is 0 Å². The van der Waals surface area contributed by atoms with Crippen LogP contribution in [0.4, 0.5) is 10.5 Å². The lowest BCUT2D eigenvalue weighted by molar-refractivity contribution is 0.0697. The van der Waals surface area contributed by atoms with Crippen LogP contribution in [0.25, 0.3) is 0 Å². The van der Waals surface area contributed by atoms with Crippen LogP contribution in [-0.4, -0.2) is 53.4 Å². The summed E-state index contributed by atoms with van der Waals surface area (Å²) in [6.07, 6.45) is 1.51. The number of carboxylic acid groups (broad SMARTS) is 1. The van der Waals surface area contributed by atoms with Gasteiger partial charge < -0.3 is 15.1 Å². The summed E-state index contributed by atoms with van der Waals surface area (Å²) in [5, 5.41) is 18.2. The molecule has 2 N–H and O–H groups in total. The van der Waals surface area contributed by atoms with E-state index in [0.29, 0.717) is 26.1 Å². The third-order valence-corrected chi connectivity index (χ3v) is 4.27. The largest absolute Gasteiger partial charge is 0.478 e. The highest BCUT2D eigenvalue weighted by atomic mass is 16.4. The van der Waals surface area contributed by atoms with E-state index in [1.54, 1.807) is 21.9 Å². The molecular weight excluding hydrogens is 272 g/mol. The third kappa shape index (κ3) is 2.47. The number of carboxylic acids is 1. The van der Waals surface area contributed by atoms with Crippen LogP contribution in [0.5, 0.6) is 0 Å². The van der Waals surface area contributed by atoms with Crippen LogP contribution in [0, 0.1) is 5.92 Å². The monoisotopic (exact) mass is 290 g/mol. The summed E-state index contributed by atoms with van der Waals surface area (Å²) in [7, 11) is 0. The number of likely N-dealkylation sites (tertiary alicyclic amines) is 1. The molecule has 1 aromatic carbocycles. The first kappa shape index (κ1) is 13.9. The Labute approximate surface area is 122 Å². The smallest absolute Gasteiger partial charge is 0.335 e. The van der Waals surface area contributed by atoms with Crippen molar-refractivity contribution in [2.24, 2.45) is 5.92 Å². The summed E-state index contributed by atoms with van der Waals surface area (Å²) < 4.78 is 0. The molecule has 6 nitrogen and oxygen atoms in total. The van der Waals surface area contributed by atoms with Crippen LogP contribution in [0.3, 0.4) is 0 Å². The molecule has 0 spiro atoms. The van der Waals surface area contributed by atoms with Gasteiger partial charge >= 0.3 is 12.0 Å². The molecule has 1 fully saturated rings. The van der Waals surface area contributed by atoms with Crippen molar-refractivity contribution >= 4 is 17.7 Å². The van der Waals surface area contributed by atoms with E-state index in [-0.39, 0.29) is 24.1 Å². The molecule has 0 bridgehead atoms. The Kier molecular flexibility index (Phi) is 3.55. The second-order valence-corrected chi connectivity index (χ2v) is 5.62. The number of amides is 2. The molecule has 1 saturated heterocycles. The van der Waals surface area contributed by atoms with Gasteiger partial charge in [-0.1, -0.05) is 0 Å². The van der Waals surface area contributed by atoms with Crippen LogP contribution in [0.2, 0.25) is 0 Å². The minimum atomic E-state index is -0.951. The zero-order chi connectivity index (χ0) is 15.0. The Balaban J connectivity index is 1.78. The fraction of sp³-hybridized carbons (Fsp3) is 0.467. The van der Waals surface area contributed by atoms with Gasteiger partial charge in [-0.05, 0) is 36.6 Å². The van der Waals surface area contributed by atoms with Crippen molar-refractivity contribution in [3.05, 3.63) is 29.3 Å². The van der Waals surface area contributed by atoms with E-state index in [4.69, 9.17) is 10.2 Å². The molecular formula is C15H18N2O4. The minimum Gasteiger partial charge on any atom is -0.478 e. The molecule has 6 heteroatoms. The summed E-state index contributed by atoms with van der Waals surface area (Å²) in [4.78, 5) is 27.0. The molecule has 0 aromatic heterocycles. The Morgan fingerprint density at radius 1 is 1.29 bits per heavy atom. The van der Waals surface area contributed by atoms with Gasteiger partial charge in [0.25, 0.3) is 0 Å². The molecule has 0 saturated carbocycles. The van der Waals surface area contributed by atoms with E-state index in [9.17, 15) is 9.59 Å². The number of aromatic carboxylic acids is 1. The number of carbonyl (C=O) groups excluding carboxylic acids is 1. The van der Waals surface area contributed by atoms with Crippen molar-refractivity contribution in [1.29, 1.82) is 0 Å². The number of aliphatic hydroxyl groups excluding tert-OH is 1. The molecule has 2 aliphatic rings. The van der Waals surface area contributed by atoms with E-state index >= 15 is 0 Å². The summed E-state index contributed by atoms with van der Waals surface area (Å²) in [6, 6.07) is 4.84. The van der Waals surface area contributed by atoms with Gasteiger partial charge in [-0.3, -0.25) is 4.90 Å². The first-order valence-electron chi connectivity index (χ1n) is 7.13. The Morgan fingerprint density at radius 2 is 2.10 bits per heavy atom. The third-order valence-electron chi connectivity index (χ3n) is 4.27. The molecule has 2 heterocycles. The van der Waals surface area contributed by atoms with E-state index < -0.39 is 5.97 Å². The first-order valence-corrected chi connectivity index (χ1v) is 7.13. The predicted molar refractivity (Wildman–Crippen MR) is 76.6 cm³/mol. The number of carbonyl (C=O) groups is 2. The van der Waals surface area contributed by atoms with E-state index in [2.05, 4.69) is 0 Å². The van der Waals surface area contributed by atoms with Crippen LogP contribution in [-0.2, 0) is 6.42 Å². The van der Waals surface area contributed by atoms with E-state index in [1.165, 1.54) is 6.07 Å². The summed E-state index contributed by atoms with van der Waals surface area (Å²) in [5.74, 6) is -0.779. The van der Waals surface area contributed by atoms with Crippen LogP contribution in [0.1, 0.15) is 22.3 Å². The lowest BCUT2D eigenvalue weighted by atomic mass is 10.1. The second kappa shape index (κ2) is 5.37. The zero-order valence-corrected chi connectivity index (χ0v) is 11.7. The fourth-order valence-electron chi connectivity index (χ4n) is 3.06. The van der Waals surface area contributed by atoms with Gasteiger partial charge in [0, 0.05) is 37.8 Å². The first-order chi connectivity index (χ1) is 10.1. The van der Waals surface area contributed by atoms with Gasteiger partial charge in [-0.2, -0.15) is 0 Å². The zero-order valence-electron chi connectivity index (χ0n) is 11.7. The van der Waals surface area contributed by atoms with Gasteiger partial charge in [-0.25, -0.2) is 9.59 Å². The standard InChI is InChI=1S/C15H18N2O4/c18-9-10-3-5-16(8-10)15(21)17-6-4-11-7-12(14(19)20)1-2-13(11)17/h1-2,7,10,18H,3-6,8-9H2,(H,19,20). The normalized spacial score (nSPS) is 20.7. The van der Waals surface area contributed by atoms with Crippen molar-refractivity contribution in [1.82, 2.24) is 4.90 Å². The average molecular weight is 290 g/mol.